The fraction of sp³-hybridized carbons (Fsp3) is 0.529. The van der Waals surface area contributed by atoms with Gasteiger partial charge in [0.25, 0.3) is 0 Å². The molecule has 0 radical (unpaired) electrons. The predicted octanol–water partition coefficient (Wildman–Crippen LogP) is 2.26. The Kier molecular flexibility index (Phi) is 6.00. The van der Waals surface area contributed by atoms with Crippen molar-refractivity contribution >= 4 is 23.2 Å². The summed E-state index contributed by atoms with van der Waals surface area (Å²) >= 11 is 1.53. The van der Waals surface area contributed by atoms with Crippen LogP contribution in [0.15, 0.2) is 22.0 Å². The minimum atomic E-state index is -0.917. The highest BCUT2D eigenvalue weighted by molar-refractivity contribution is 7.13. The molecule has 1 amide bonds. The second-order valence-electron chi connectivity index (χ2n) is 6.35. The van der Waals surface area contributed by atoms with E-state index >= 15 is 0 Å². The molecule has 3 rings (SSSR count). The van der Waals surface area contributed by atoms with Crippen LogP contribution in [0.25, 0.3) is 10.7 Å². The van der Waals surface area contributed by atoms with Crippen LogP contribution < -0.4 is 5.32 Å². The van der Waals surface area contributed by atoms with E-state index in [4.69, 9.17) is 14.4 Å². The summed E-state index contributed by atoms with van der Waals surface area (Å²) in [6.45, 7) is 0.919. The molecule has 1 fully saturated rings. The highest BCUT2D eigenvalue weighted by Crippen LogP contribution is 2.25. The van der Waals surface area contributed by atoms with Gasteiger partial charge < -0.3 is 19.7 Å². The largest absolute Gasteiger partial charge is 0.481 e. The second-order valence-corrected chi connectivity index (χ2v) is 7.30. The predicted molar refractivity (Wildman–Crippen MR) is 93.7 cm³/mol. The number of aromatic nitrogens is 2. The number of carbonyl (C=O) groups excluding carboxylic acids is 1. The number of aliphatic carboxylic acids is 1. The third kappa shape index (κ3) is 4.89. The first-order chi connectivity index (χ1) is 12.6. The molecule has 3 heterocycles. The summed E-state index contributed by atoms with van der Waals surface area (Å²) in [5.74, 6) is -0.0279. The van der Waals surface area contributed by atoms with E-state index in [-0.39, 0.29) is 18.7 Å². The molecule has 1 aliphatic rings. The minimum Gasteiger partial charge on any atom is -0.481 e. The van der Waals surface area contributed by atoms with Gasteiger partial charge in [-0.1, -0.05) is 11.2 Å². The van der Waals surface area contributed by atoms with Gasteiger partial charge in [-0.25, -0.2) is 0 Å². The van der Waals surface area contributed by atoms with E-state index in [0.717, 1.165) is 4.88 Å². The lowest BCUT2D eigenvalue weighted by Gasteiger charge is -2.36. The van der Waals surface area contributed by atoms with E-state index in [1.807, 2.05) is 17.5 Å². The van der Waals surface area contributed by atoms with E-state index in [1.54, 1.807) is 0 Å². The molecule has 140 valence electrons. The number of hydrogen-bond acceptors (Lipinski definition) is 7. The number of carboxylic acids is 1. The van der Waals surface area contributed by atoms with Crippen molar-refractivity contribution < 1.29 is 24.0 Å². The van der Waals surface area contributed by atoms with E-state index < -0.39 is 11.5 Å². The number of rotatable bonds is 8. The van der Waals surface area contributed by atoms with Gasteiger partial charge in [-0.05, 0) is 30.7 Å². The normalized spacial score (nSPS) is 16.3. The molecule has 0 unspecified atom stereocenters. The van der Waals surface area contributed by atoms with E-state index in [9.17, 15) is 9.59 Å². The number of nitrogens with one attached hydrogen (secondary N) is 1. The molecule has 9 heteroatoms. The molecule has 2 aromatic rings. The first-order valence-corrected chi connectivity index (χ1v) is 9.41. The number of thiophene rings is 1. The van der Waals surface area contributed by atoms with E-state index in [1.165, 1.54) is 11.3 Å². The maximum Gasteiger partial charge on any atom is 0.305 e. The van der Waals surface area contributed by atoms with Crippen LogP contribution in [0.3, 0.4) is 0 Å². The van der Waals surface area contributed by atoms with E-state index in [0.29, 0.717) is 50.6 Å². The molecule has 0 spiro atoms. The molecule has 2 aromatic heterocycles. The number of amides is 1. The van der Waals surface area contributed by atoms with Gasteiger partial charge >= 0.3 is 5.97 Å². The molecule has 0 atom stereocenters. The molecule has 0 saturated carbocycles. The summed E-state index contributed by atoms with van der Waals surface area (Å²) in [6.07, 6.45) is 2.27. The monoisotopic (exact) mass is 379 g/mol. The summed E-state index contributed by atoms with van der Waals surface area (Å²) in [5.41, 5.74) is -0.710. The average molecular weight is 379 g/mol. The van der Waals surface area contributed by atoms with Crippen LogP contribution in [0.5, 0.6) is 0 Å². The fourth-order valence-corrected chi connectivity index (χ4v) is 3.67. The Hall–Kier alpha value is -2.26. The maximum atomic E-state index is 12.3. The fourth-order valence-electron chi connectivity index (χ4n) is 3.02. The number of carboxylic acid groups (broad SMARTS) is 1. The molecule has 26 heavy (non-hydrogen) atoms. The van der Waals surface area contributed by atoms with Gasteiger partial charge in [-0.2, -0.15) is 4.98 Å². The summed E-state index contributed by atoms with van der Waals surface area (Å²) in [5, 5.41) is 17.9. The van der Waals surface area contributed by atoms with Crippen molar-refractivity contribution in [3.63, 3.8) is 0 Å². The van der Waals surface area contributed by atoms with Crippen LogP contribution in [-0.2, 0) is 20.7 Å². The maximum absolute atomic E-state index is 12.3. The van der Waals surface area contributed by atoms with Gasteiger partial charge in [0, 0.05) is 26.1 Å². The van der Waals surface area contributed by atoms with Crippen molar-refractivity contribution in [2.24, 2.45) is 0 Å². The Bertz CT molecular complexity index is 737. The molecule has 8 nitrogen and oxygen atoms in total. The smallest absolute Gasteiger partial charge is 0.305 e. The Balaban J connectivity index is 1.48. The van der Waals surface area contributed by atoms with Crippen LogP contribution >= 0.6 is 11.3 Å². The average Bonchev–Trinajstić information content (AvgIpc) is 3.26. The summed E-state index contributed by atoms with van der Waals surface area (Å²) in [7, 11) is 0. The van der Waals surface area contributed by atoms with Crippen molar-refractivity contribution in [2.45, 2.75) is 44.1 Å². The molecule has 2 N–H and O–H groups in total. The molecule has 0 bridgehead atoms. The highest BCUT2D eigenvalue weighted by atomic mass is 32.1. The Labute approximate surface area is 154 Å². The first kappa shape index (κ1) is 18.5. The lowest BCUT2D eigenvalue weighted by Crippen LogP contribution is -2.53. The van der Waals surface area contributed by atoms with Crippen LogP contribution in [0.4, 0.5) is 0 Å². The van der Waals surface area contributed by atoms with Crippen molar-refractivity contribution in [3.8, 4) is 10.7 Å². The summed E-state index contributed by atoms with van der Waals surface area (Å²) in [4.78, 5) is 28.7. The molecule has 0 aliphatic carbocycles. The Morgan fingerprint density at radius 1 is 1.35 bits per heavy atom. The number of ether oxygens (including phenoxy) is 1. The third-order valence-corrected chi connectivity index (χ3v) is 5.21. The zero-order valence-corrected chi connectivity index (χ0v) is 15.1. The lowest BCUT2D eigenvalue weighted by molar-refractivity contribution is -0.140. The number of hydrogen-bond donors (Lipinski definition) is 2. The zero-order chi connectivity index (χ0) is 18.4. The summed E-state index contributed by atoms with van der Waals surface area (Å²) < 4.78 is 10.5. The minimum absolute atomic E-state index is 0.0874. The van der Waals surface area contributed by atoms with Gasteiger partial charge in [-0.3, -0.25) is 9.59 Å². The molecular formula is C17H21N3O5S. The zero-order valence-electron chi connectivity index (χ0n) is 14.3. The van der Waals surface area contributed by atoms with Gasteiger partial charge in [0.2, 0.25) is 17.6 Å². The number of nitrogens with zero attached hydrogens (tertiary/aromatic N) is 2. The second kappa shape index (κ2) is 8.41. The number of aryl methyl sites for hydroxylation is 1. The van der Waals surface area contributed by atoms with Crippen molar-refractivity contribution in [1.29, 1.82) is 0 Å². The highest BCUT2D eigenvalue weighted by Gasteiger charge is 2.36. The van der Waals surface area contributed by atoms with Crippen LogP contribution in [-0.4, -0.2) is 45.9 Å². The van der Waals surface area contributed by atoms with Crippen molar-refractivity contribution in [1.82, 2.24) is 15.5 Å². The van der Waals surface area contributed by atoms with Gasteiger partial charge in [-0.15, -0.1) is 11.3 Å². The van der Waals surface area contributed by atoms with Crippen molar-refractivity contribution in [2.75, 3.05) is 13.2 Å². The van der Waals surface area contributed by atoms with E-state index in [2.05, 4.69) is 15.5 Å². The standard InChI is InChI=1S/C17H21N3O5S/c21-13(19-17(11-15(22)23)6-8-24-9-7-17)4-1-5-14-18-16(20-25-14)12-3-2-10-26-12/h2-3,10H,1,4-9,11H2,(H,19,21)(H,22,23). The third-order valence-electron chi connectivity index (χ3n) is 4.35. The van der Waals surface area contributed by atoms with Crippen LogP contribution in [0, 0.1) is 0 Å². The Morgan fingerprint density at radius 3 is 2.85 bits per heavy atom. The van der Waals surface area contributed by atoms with Gasteiger partial charge in [0.05, 0.1) is 16.8 Å². The van der Waals surface area contributed by atoms with Crippen molar-refractivity contribution in [3.05, 3.63) is 23.4 Å². The molecular weight excluding hydrogens is 358 g/mol. The molecule has 1 aliphatic heterocycles. The van der Waals surface area contributed by atoms with Crippen LogP contribution in [0.2, 0.25) is 0 Å². The number of carbonyl (C=O) groups is 2. The molecule has 1 saturated heterocycles. The lowest BCUT2D eigenvalue weighted by atomic mass is 9.86. The Morgan fingerprint density at radius 2 is 2.15 bits per heavy atom. The topological polar surface area (TPSA) is 115 Å². The quantitative estimate of drug-likeness (QED) is 0.723. The van der Waals surface area contributed by atoms with Crippen LogP contribution in [0.1, 0.15) is 38.0 Å². The molecule has 0 aromatic carbocycles. The summed E-state index contributed by atoms with van der Waals surface area (Å²) in [6, 6.07) is 3.84. The van der Waals surface area contributed by atoms with Gasteiger partial charge in [0.1, 0.15) is 0 Å². The van der Waals surface area contributed by atoms with Gasteiger partial charge in [0.15, 0.2) is 0 Å². The SMILES string of the molecule is O=C(O)CC1(NC(=O)CCCc2nc(-c3cccs3)no2)CCOCC1. The first-order valence-electron chi connectivity index (χ1n) is 8.53.